The van der Waals surface area contributed by atoms with Crippen molar-refractivity contribution < 1.29 is 0 Å². The zero-order chi connectivity index (χ0) is 12.2. The molecule has 0 aromatic carbocycles. The van der Waals surface area contributed by atoms with Gasteiger partial charge < -0.3 is 5.32 Å². The molecule has 2 nitrogen and oxygen atoms in total. The Balaban J connectivity index is 2.28. The van der Waals surface area contributed by atoms with Gasteiger partial charge in [-0.2, -0.15) is 5.26 Å². The largest absolute Gasteiger partial charge is 0.313 e. The zero-order valence-electron chi connectivity index (χ0n) is 11.2. The first kappa shape index (κ1) is 13.5. The highest BCUT2D eigenvalue weighted by atomic mass is 14.9. The van der Waals surface area contributed by atoms with Crippen LogP contribution in [0.5, 0.6) is 0 Å². The molecule has 1 fully saturated rings. The molecule has 0 bridgehead atoms. The molecule has 0 heterocycles. The second kappa shape index (κ2) is 5.68. The summed E-state index contributed by atoms with van der Waals surface area (Å²) < 4.78 is 0. The van der Waals surface area contributed by atoms with E-state index in [9.17, 15) is 0 Å². The van der Waals surface area contributed by atoms with Gasteiger partial charge in [0.2, 0.25) is 0 Å². The standard InChI is InChI=1S/C14H26N2/c1-11(2)14(3,4)10-16-13-7-5-12(9-15)6-8-13/h11-13,16H,5-8,10H2,1-4H3. The molecule has 92 valence electrons. The molecule has 1 aliphatic carbocycles. The van der Waals surface area contributed by atoms with Crippen molar-refractivity contribution in [1.82, 2.24) is 5.32 Å². The summed E-state index contributed by atoms with van der Waals surface area (Å²) in [6.07, 6.45) is 4.51. The fraction of sp³-hybridized carbons (Fsp3) is 0.929. The fourth-order valence-corrected chi connectivity index (χ4v) is 2.04. The van der Waals surface area contributed by atoms with Crippen LogP contribution in [0.15, 0.2) is 0 Å². The Morgan fingerprint density at radius 2 is 1.81 bits per heavy atom. The predicted octanol–water partition coefficient (Wildman–Crippen LogP) is 3.34. The highest BCUT2D eigenvalue weighted by Crippen LogP contribution is 2.27. The normalized spacial score (nSPS) is 26.8. The number of rotatable bonds is 4. The van der Waals surface area contributed by atoms with Crippen LogP contribution in [0.1, 0.15) is 53.4 Å². The quantitative estimate of drug-likeness (QED) is 0.792. The minimum Gasteiger partial charge on any atom is -0.313 e. The maximum absolute atomic E-state index is 8.84. The SMILES string of the molecule is CC(C)C(C)(C)CNC1CCC(C#N)CC1. The van der Waals surface area contributed by atoms with E-state index in [1.807, 2.05) is 0 Å². The first-order valence-electron chi connectivity index (χ1n) is 6.58. The third-order valence-corrected chi connectivity index (χ3v) is 4.32. The van der Waals surface area contributed by atoms with Gasteiger partial charge in [0.05, 0.1) is 6.07 Å². The van der Waals surface area contributed by atoms with Crippen LogP contribution in [-0.2, 0) is 0 Å². The molecular formula is C14H26N2. The summed E-state index contributed by atoms with van der Waals surface area (Å²) in [7, 11) is 0. The summed E-state index contributed by atoms with van der Waals surface area (Å²) in [6, 6.07) is 3.03. The molecule has 16 heavy (non-hydrogen) atoms. The summed E-state index contributed by atoms with van der Waals surface area (Å²) in [5.41, 5.74) is 0.367. The molecule has 0 saturated heterocycles. The van der Waals surface area contributed by atoms with Crippen LogP contribution >= 0.6 is 0 Å². The lowest BCUT2D eigenvalue weighted by Gasteiger charge is -2.33. The lowest BCUT2D eigenvalue weighted by molar-refractivity contribution is 0.213. The van der Waals surface area contributed by atoms with Crippen molar-refractivity contribution >= 4 is 0 Å². The molecule has 0 spiro atoms. The topological polar surface area (TPSA) is 35.8 Å². The van der Waals surface area contributed by atoms with E-state index in [4.69, 9.17) is 5.26 Å². The Morgan fingerprint density at radius 3 is 2.25 bits per heavy atom. The number of nitrogens with one attached hydrogen (secondary N) is 1. The Kier molecular flexibility index (Phi) is 4.80. The average Bonchev–Trinajstić information content (AvgIpc) is 2.27. The Hall–Kier alpha value is -0.550. The lowest BCUT2D eigenvalue weighted by Crippen LogP contribution is -2.41. The summed E-state index contributed by atoms with van der Waals surface area (Å²) in [6.45, 7) is 10.3. The number of hydrogen-bond acceptors (Lipinski definition) is 2. The van der Waals surface area contributed by atoms with Gasteiger partial charge in [-0.3, -0.25) is 0 Å². The van der Waals surface area contributed by atoms with Crippen molar-refractivity contribution in [3.8, 4) is 6.07 Å². The molecule has 1 N–H and O–H groups in total. The molecule has 1 aliphatic rings. The Labute approximate surface area is 100 Å². The molecule has 0 atom stereocenters. The maximum atomic E-state index is 8.84. The van der Waals surface area contributed by atoms with Crippen LogP contribution in [0.4, 0.5) is 0 Å². The van der Waals surface area contributed by atoms with Gasteiger partial charge >= 0.3 is 0 Å². The van der Waals surface area contributed by atoms with Crippen LogP contribution in [-0.4, -0.2) is 12.6 Å². The van der Waals surface area contributed by atoms with Gasteiger partial charge in [-0.1, -0.05) is 27.7 Å². The second-order valence-corrected chi connectivity index (χ2v) is 6.20. The van der Waals surface area contributed by atoms with E-state index in [1.165, 1.54) is 12.8 Å². The van der Waals surface area contributed by atoms with E-state index in [1.54, 1.807) is 0 Å². The van der Waals surface area contributed by atoms with Crippen molar-refractivity contribution in [2.45, 2.75) is 59.4 Å². The van der Waals surface area contributed by atoms with E-state index in [0.29, 0.717) is 23.3 Å². The summed E-state index contributed by atoms with van der Waals surface area (Å²) in [4.78, 5) is 0. The minimum atomic E-state index is 0.316. The molecule has 0 aromatic heterocycles. The van der Waals surface area contributed by atoms with Crippen molar-refractivity contribution in [2.75, 3.05) is 6.54 Å². The van der Waals surface area contributed by atoms with Crippen LogP contribution in [0.25, 0.3) is 0 Å². The summed E-state index contributed by atoms with van der Waals surface area (Å²) in [5, 5.41) is 12.5. The molecule has 0 radical (unpaired) electrons. The summed E-state index contributed by atoms with van der Waals surface area (Å²) >= 11 is 0. The van der Waals surface area contributed by atoms with Gasteiger partial charge in [-0.05, 0) is 37.0 Å². The van der Waals surface area contributed by atoms with Gasteiger partial charge in [0.1, 0.15) is 0 Å². The van der Waals surface area contributed by atoms with Crippen LogP contribution in [0, 0.1) is 28.6 Å². The van der Waals surface area contributed by atoms with E-state index >= 15 is 0 Å². The highest BCUT2D eigenvalue weighted by molar-refractivity contribution is 4.89. The van der Waals surface area contributed by atoms with Crippen LogP contribution < -0.4 is 5.32 Å². The predicted molar refractivity (Wildman–Crippen MR) is 68.0 cm³/mol. The number of hydrogen-bond donors (Lipinski definition) is 1. The van der Waals surface area contributed by atoms with Crippen molar-refractivity contribution in [2.24, 2.45) is 17.3 Å². The molecule has 1 saturated carbocycles. The van der Waals surface area contributed by atoms with E-state index in [0.717, 1.165) is 19.4 Å². The molecular weight excluding hydrogens is 196 g/mol. The molecule has 0 unspecified atom stereocenters. The average molecular weight is 222 g/mol. The lowest BCUT2D eigenvalue weighted by atomic mass is 9.80. The van der Waals surface area contributed by atoms with Crippen molar-refractivity contribution in [1.29, 1.82) is 5.26 Å². The first-order chi connectivity index (χ1) is 7.45. The van der Waals surface area contributed by atoms with Gasteiger partial charge in [-0.25, -0.2) is 0 Å². The Morgan fingerprint density at radius 1 is 1.25 bits per heavy atom. The highest BCUT2D eigenvalue weighted by Gasteiger charge is 2.25. The smallest absolute Gasteiger partial charge is 0.0655 e. The van der Waals surface area contributed by atoms with Gasteiger partial charge in [0.15, 0.2) is 0 Å². The third-order valence-electron chi connectivity index (χ3n) is 4.32. The van der Waals surface area contributed by atoms with Gasteiger partial charge in [0.25, 0.3) is 0 Å². The molecule has 2 heteroatoms. The first-order valence-corrected chi connectivity index (χ1v) is 6.58. The van der Waals surface area contributed by atoms with E-state index in [2.05, 4.69) is 39.1 Å². The fourth-order valence-electron chi connectivity index (χ4n) is 2.04. The molecule has 0 aromatic rings. The van der Waals surface area contributed by atoms with Crippen LogP contribution in [0.2, 0.25) is 0 Å². The van der Waals surface area contributed by atoms with E-state index in [-0.39, 0.29) is 0 Å². The number of nitriles is 1. The maximum Gasteiger partial charge on any atom is 0.0655 e. The zero-order valence-corrected chi connectivity index (χ0v) is 11.2. The molecule has 1 rings (SSSR count). The number of nitrogens with zero attached hydrogens (tertiary/aromatic N) is 1. The molecule has 0 amide bonds. The van der Waals surface area contributed by atoms with Crippen molar-refractivity contribution in [3.63, 3.8) is 0 Å². The van der Waals surface area contributed by atoms with E-state index < -0.39 is 0 Å². The third kappa shape index (κ3) is 3.79. The van der Waals surface area contributed by atoms with Gasteiger partial charge in [-0.15, -0.1) is 0 Å². The monoisotopic (exact) mass is 222 g/mol. The molecule has 0 aliphatic heterocycles. The van der Waals surface area contributed by atoms with Crippen molar-refractivity contribution in [3.05, 3.63) is 0 Å². The van der Waals surface area contributed by atoms with Crippen LogP contribution in [0.3, 0.4) is 0 Å². The van der Waals surface area contributed by atoms with Gasteiger partial charge in [0, 0.05) is 18.5 Å². The minimum absolute atomic E-state index is 0.316. The summed E-state index contributed by atoms with van der Waals surface area (Å²) in [5.74, 6) is 1.02. The Bertz CT molecular complexity index is 242. The second-order valence-electron chi connectivity index (χ2n) is 6.20.